The van der Waals surface area contributed by atoms with E-state index in [1.165, 1.54) is 34.4 Å². The zero-order valence-corrected chi connectivity index (χ0v) is 10.5. The molecule has 0 unspecified atom stereocenters. The van der Waals surface area contributed by atoms with Crippen molar-refractivity contribution in [2.75, 3.05) is 7.05 Å². The number of rotatable bonds is 3. The van der Waals surface area contributed by atoms with Gasteiger partial charge in [-0.05, 0) is 12.1 Å². The third kappa shape index (κ3) is 2.43. The molecule has 2 rings (SSSR count). The quantitative estimate of drug-likeness (QED) is 0.887. The highest BCUT2D eigenvalue weighted by molar-refractivity contribution is 7.07. The number of phenols is 2. The molecule has 0 saturated carbocycles. The van der Waals surface area contributed by atoms with Gasteiger partial charge in [0.1, 0.15) is 17.1 Å². The minimum atomic E-state index is -0.446. The topological polar surface area (TPSA) is 73.7 Å². The van der Waals surface area contributed by atoms with Gasteiger partial charge in [0, 0.05) is 12.4 Å². The largest absolute Gasteiger partial charge is 0.507 e. The van der Waals surface area contributed by atoms with Crippen LogP contribution in [-0.2, 0) is 6.54 Å². The van der Waals surface area contributed by atoms with E-state index < -0.39 is 5.91 Å². The van der Waals surface area contributed by atoms with Crippen molar-refractivity contribution in [2.45, 2.75) is 6.54 Å². The number of nitrogens with zero attached hydrogens (tertiary/aromatic N) is 2. The van der Waals surface area contributed by atoms with E-state index in [9.17, 15) is 15.0 Å². The molecule has 0 atom stereocenters. The van der Waals surface area contributed by atoms with Crippen LogP contribution >= 0.6 is 11.3 Å². The average Bonchev–Trinajstić information content (AvgIpc) is 2.81. The van der Waals surface area contributed by atoms with Crippen molar-refractivity contribution in [3.8, 4) is 11.5 Å². The first-order valence-corrected chi connectivity index (χ1v) is 6.17. The molecule has 5 nitrogen and oxygen atoms in total. The van der Waals surface area contributed by atoms with Crippen molar-refractivity contribution in [3.63, 3.8) is 0 Å². The predicted molar refractivity (Wildman–Crippen MR) is 67.7 cm³/mol. The molecule has 1 aromatic carbocycles. The van der Waals surface area contributed by atoms with E-state index in [0.717, 1.165) is 5.69 Å². The second-order valence-electron chi connectivity index (χ2n) is 3.81. The normalized spacial score (nSPS) is 10.3. The van der Waals surface area contributed by atoms with E-state index in [4.69, 9.17) is 0 Å². The molecular weight excluding hydrogens is 252 g/mol. The predicted octanol–water partition coefficient (Wildman–Crippen LogP) is 1.83. The highest BCUT2D eigenvalue weighted by Gasteiger charge is 2.20. The van der Waals surface area contributed by atoms with Crippen LogP contribution in [0, 0.1) is 0 Å². The summed E-state index contributed by atoms with van der Waals surface area (Å²) in [6.45, 7) is 0.329. The molecule has 0 radical (unpaired) electrons. The molecule has 1 heterocycles. The second kappa shape index (κ2) is 5.05. The van der Waals surface area contributed by atoms with Crippen molar-refractivity contribution >= 4 is 17.2 Å². The molecule has 0 spiro atoms. The Morgan fingerprint density at radius 3 is 2.61 bits per heavy atom. The number of carbonyl (C=O) groups is 1. The van der Waals surface area contributed by atoms with Crippen LogP contribution < -0.4 is 0 Å². The summed E-state index contributed by atoms with van der Waals surface area (Å²) in [4.78, 5) is 17.6. The molecule has 0 fully saturated rings. The molecule has 1 amide bonds. The van der Waals surface area contributed by atoms with Crippen molar-refractivity contribution in [1.82, 2.24) is 9.88 Å². The minimum absolute atomic E-state index is 0.0878. The summed E-state index contributed by atoms with van der Waals surface area (Å²) in [7, 11) is 1.59. The Hall–Kier alpha value is -2.08. The molecule has 1 aromatic heterocycles. The Kier molecular flexibility index (Phi) is 3.47. The fourth-order valence-corrected chi connectivity index (χ4v) is 2.12. The molecule has 6 heteroatoms. The molecule has 0 saturated heterocycles. The van der Waals surface area contributed by atoms with Crippen LogP contribution in [0.15, 0.2) is 29.1 Å². The lowest BCUT2D eigenvalue weighted by Crippen LogP contribution is -2.26. The monoisotopic (exact) mass is 264 g/mol. The van der Waals surface area contributed by atoms with Crippen LogP contribution in [0.1, 0.15) is 16.1 Å². The van der Waals surface area contributed by atoms with Crippen molar-refractivity contribution in [3.05, 3.63) is 40.3 Å². The molecule has 18 heavy (non-hydrogen) atoms. The number of hydrogen-bond donors (Lipinski definition) is 2. The maximum Gasteiger partial charge on any atom is 0.261 e. The van der Waals surface area contributed by atoms with Crippen LogP contribution in [0.3, 0.4) is 0 Å². The van der Waals surface area contributed by atoms with Gasteiger partial charge in [0.15, 0.2) is 0 Å². The van der Waals surface area contributed by atoms with E-state index in [1.54, 1.807) is 12.6 Å². The summed E-state index contributed by atoms with van der Waals surface area (Å²) < 4.78 is 0. The fourth-order valence-electron chi connectivity index (χ4n) is 1.57. The maximum absolute atomic E-state index is 12.1. The first kappa shape index (κ1) is 12.4. The number of amides is 1. The smallest absolute Gasteiger partial charge is 0.261 e. The molecule has 2 N–H and O–H groups in total. The first-order valence-electron chi connectivity index (χ1n) is 5.23. The number of aromatic hydroxyl groups is 2. The molecule has 0 aliphatic rings. The van der Waals surface area contributed by atoms with Gasteiger partial charge in [0.05, 0.1) is 17.7 Å². The van der Waals surface area contributed by atoms with Gasteiger partial charge in [0.2, 0.25) is 0 Å². The SMILES string of the molecule is CN(Cc1cscn1)C(=O)c1c(O)cccc1O. The molecule has 0 aliphatic carbocycles. The Morgan fingerprint density at radius 2 is 2.06 bits per heavy atom. The number of aromatic nitrogens is 1. The summed E-state index contributed by atoms with van der Waals surface area (Å²) in [6, 6.07) is 4.20. The van der Waals surface area contributed by atoms with Crippen LogP contribution in [-0.4, -0.2) is 33.1 Å². The lowest BCUT2D eigenvalue weighted by molar-refractivity contribution is 0.0777. The van der Waals surface area contributed by atoms with E-state index in [1.807, 2.05) is 5.38 Å². The van der Waals surface area contributed by atoms with E-state index in [0.29, 0.717) is 6.54 Å². The summed E-state index contributed by atoms with van der Waals surface area (Å²) in [5, 5.41) is 21.1. The van der Waals surface area contributed by atoms with Gasteiger partial charge >= 0.3 is 0 Å². The molecule has 0 aliphatic heterocycles. The zero-order chi connectivity index (χ0) is 13.1. The highest BCUT2D eigenvalue weighted by atomic mass is 32.1. The summed E-state index contributed by atoms with van der Waals surface area (Å²) in [5.74, 6) is -0.908. The molecule has 0 bridgehead atoms. The Morgan fingerprint density at radius 1 is 1.39 bits per heavy atom. The third-order valence-corrected chi connectivity index (χ3v) is 3.10. The average molecular weight is 264 g/mol. The lowest BCUT2D eigenvalue weighted by Gasteiger charge is -2.17. The van der Waals surface area contributed by atoms with Crippen LogP contribution in [0.5, 0.6) is 11.5 Å². The van der Waals surface area contributed by atoms with Gasteiger partial charge in [-0.25, -0.2) is 4.98 Å². The highest BCUT2D eigenvalue weighted by Crippen LogP contribution is 2.27. The summed E-state index contributed by atoms with van der Waals surface area (Å²) in [6.07, 6.45) is 0. The Labute approximate surface area is 108 Å². The van der Waals surface area contributed by atoms with Gasteiger partial charge in [-0.3, -0.25) is 4.79 Å². The minimum Gasteiger partial charge on any atom is -0.507 e. The Balaban J connectivity index is 2.21. The third-order valence-electron chi connectivity index (χ3n) is 2.46. The maximum atomic E-state index is 12.1. The van der Waals surface area contributed by atoms with E-state index >= 15 is 0 Å². The van der Waals surface area contributed by atoms with Crippen molar-refractivity contribution in [2.24, 2.45) is 0 Å². The number of hydrogen-bond acceptors (Lipinski definition) is 5. The second-order valence-corrected chi connectivity index (χ2v) is 4.53. The van der Waals surface area contributed by atoms with Gasteiger partial charge < -0.3 is 15.1 Å². The van der Waals surface area contributed by atoms with Gasteiger partial charge in [-0.2, -0.15) is 0 Å². The Bertz CT molecular complexity index is 534. The van der Waals surface area contributed by atoms with Crippen LogP contribution in [0.2, 0.25) is 0 Å². The van der Waals surface area contributed by atoms with Crippen molar-refractivity contribution < 1.29 is 15.0 Å². The van der Waals surface area contributed by atoms with E-state index in [-0.39, 0.29) is 17.1 Å². The summed E-state index contributed by atoms with van der Waals surface area (Å²) in [5.41, 5.74) is 2.37. The number of thiazole rings is 1. The van der Waals surface area contributed by atoms with E-state index in [2.05, 4.69) is 4.98 Å². The number of benzene rings is 1. The number of carbonyl (C=O) groups excluding carboxylic acids is 1. The summed E-state index contributed by atoms with van der Waals surface area (Å²) >= 11 is 1.45. The fraction of sp³-hybridized carbons (Fsp3) is 0.167. The molecule has 94 valence electrons. The van der Waals surface area contributed by atoms with Crippen LogP contribution in [0.25, 0.3) is 0 Å². The first-order chi connectivity index (χ1) is 8.59. The van der Waals surface area contributed by atoms with Gasteiger partial charge in [-0.1, -0.05) is 6.07 Å². The van der Waals surface area contributed by atoms with Crippen LogP contribution in [0.4, 0.5) is 0 Å². The number of phenolic OH excluding ortho intramolecular Hbond substituents is 2. The van der Waals surface area contributed by atoms with Crippen molar-refractivity contribution in [1.29, 1.82) is 0 Å². The lowest BCUT2D eigenvalue weighted by atomic mass is 10.1. The van der Waals surface area contributed by atoms with Gasteiger partial charge in [-0.15, -0.1) is 11.3 Å². The van der Waals surface area contributed by atoms with Gasteiger partial charge in [0.25, 0.3) is 5.91 Å². The zero-order valence-electron chi connectivity index (χ0n) is 9.70. The standard InChI is InChI=1S/C12H12N2O3S/c1-14(5-8-6-18-7-13-8)12(17)11-9(15)3-2-4-10(11)16/h2-4,6-7,15-16H,5H2,1H3. The molecular formula is C12H12N2O3S. The molecule has 2 aromatic rings.